The van der Waals surface area contributed by atoms with Gasteiger partial charge in [0, 0.05) is 0 Å². The third kappa shape index (κ3) is 3.82. The van der Waals surface area contributed by atoms with E-state index in [9.17, 15) is 18.7 Å². The summed E-state index contributed by atoms with van der Waals surface area (Å²) in [5, 5.41) is 5.79. The van der Waals surface area contributed by atoms with Crippen molar-refractivity contribution in [2.75, 3.05) is 7.11 Å². The molecule has 0 saturated heterocycles. The van der Waals surface area contributed by atoms with Gasteiger partial charge in [-0.2, -0.15) is 13.8 Å². The second-order valence-electron chi connectivity index (χ2n) is 4.29. The lowest BCUT2D eigenvalue weighted by atomic mass is 10.1. The third-order valence-electron chi connectivity index (χ3n) is 2.72. The fraction of sp³-hybridized carbons (Fsp3) is 0.143. The minimum atomic E-state index is -3.69. The van der Waals surface area contributed by atoms with Crippen LogP contribution in [0, 0.1) is 0 Å². The number of aromatic amines is 1. The van der Waals surface area contributed by atoms with E-state index in [0.29, 0.717) is 5.56 Å². The number of H-pyrrole nitrogens is 1. The quantitative estimate of drug-likeness (QED) is 0.846. The molecule has 0 spiro atoms. The first-order valence-electron chi connectivity index (χ1n) is 6.03. The number of benzene rings is 1. The van der Waals surface area contributed by atoms with Crippen LogP contribution in [0.15, 0.2) is 29.1 Å². The van der Waals surface area contributed by atoms with Crippen LogP contribution in [-0.2, 0) is 5.38 Å². The smallest absolute Gasteiger partial charge is 0.362 e. The number of halogens is 3. The van der Waals surface area contributed by atoms with Crippen LogP contribution < -0.4 is 10.4 Å². The molecule has 0 bridgehead atoms. The molecule has 22 heavy (non-hydrogen) atoms. The number of hydrogen-bond acceptors (Lipinski definition) is 4. The molecule has 116 valence electrons. The summed E-state index contributed by atoms with van der Waals surface area (Å²) in [6, 6.07) is 5.51. The molecule has 0 aliphatic heterocycles. The monoisotopic (exact) mass is 328 g/mol. The highest BCUT2D eigenvalue weighted by atomic mass is 35.5. The fourth-order valence-corrected chi connectivity index (χ4v) is 1.80. The number of aromatic nitrogens is 2. The Morgan fingerprint density at radius 1 is 1.36 bits per heavy atom. The topological polar surface area (TPSA) is 75.2 Å². The zero-order valence-corrected chi connectivity index (χ0v) is 12.1. The summed E-state index contributed by atoms with van der Waals surface area (Å²) >= 11 is 4.88. The molecule has 5 nitrogen and oxygen atoms in total. The van der Waals surface area contributed by atoms with E-state index in [1.807, 2.05) is 4.98 Å². The Hall–Kier alpha value is -2.41. The lowest BCUT2D eigenvalue weighted by Gasteiger charge is -2.07. The summed E-state index contributed by atoms with van der Waals surface area (Å²) in [7, 11) is 1.40. The number of phenolic OH excluding ortho intramolecular Hbond substituents is 1. The molecule has 2 rings (SSSR count). The van der Waals surface area contributed by atoms with Gasteiger partial charge in [-0.05, 0) is 41.4 Å². The summed E-state index contributed by atoms with van der Waals surface area (Å²) in [6.07, 6.45) is 2.90. The molecule has 1 aromatic heterocycles. The number of phenols is 1. The van der Waals surface area contributed by atoms with Gasteiger partial charge in [0.15, 0.2) is 11.5 Å². The highest BCUT2D eigenvalue weighted by molar-refractivity contribution is 6.21. The molecule has 1 aromatic carbocycles. The van der Waals surface area contributed by atoms with E-state index in [2.05, 4.69) is 4.98 Å². The van der Waals surface area contributed by atoms with Gasteiger partial charge in [0.2, 0.25) is 0 Å². The number of ether oxygens (including phenoxy) is 1. The molecule has 8 heteroatoms. The van der Waals surface area contributed by atoms with Crippen molar-refractivity contribution >= 4 is 23.8 Å². The third-order valence-corrected chi connectivity index (χ3v) is 2.92. The largest absolute Gasteiger partial charge is 0.504 e. The predicted octanol–water partition coefficient (Wildman–Crippen LogP) is 2.94. The van der Waals surface area contributed by atoms with Gasteiger partial charge < -0.3 is 14.8 Å². The summed E-state index contributed by atoms with van der Waals surface area (Å²) < 4.78 is 31.0. The van der Waals surface area contributed by atoms with Crippen molar-refractivity contribution in [3.05, 3.63) is 51.7 Å². The Kier molecular flexibility index (Phi) is 4.46. The predicted molar refractivity (Wildman–Crippen MR) is 78.2 cm³/mol. The number of rotatable bonds is 4. The lowest BCUT2D eigenvalue weighted by molar-refractivity contribution is 0.0894. The first-order valence-corrected chi connectivity index (χ1v) is 6.41. The molecule has 1 heterocycles. The molecule has 0 atom stereocenters. The maximum absolute atomic E-state index is 13.0. The van der Waals surface area contributed by atoms with Crippen LogP contribution in [0.5, 0.6) is 11.5 Å². The molecular weight excluding hydrogens is 318 g/mol. The first kappa shape index (κ1) is 16.0. The highest BCUT2D eigenvalue weighted by Gasteiger charge is 2.29. The van der Waals surface area contributed by atoms with Crippen LogP contribution in [0.2, 0.25) is 0 Å². The first-order chi connectivity index (χ1) is 10.3. The number of aromatic hydroxyl groups is 1. The Labute approximate surface area is 128 Å². The minimum absolute atomic E-state index is 0.0196. The van der Waals surface area contributed by atoms with Crippen molar-refractivity contribution in [2.24, 2.45) is 0 Å². The van der Waals surface area contributed by atoms with Crippen molar-refractivity contribution in [1.29, 1.82) is 0 Å². The van der Waals surface area contributed by atoms with Gasteiger partial charge in [0.1, 0.15) is 5.69 Å². The van der Waals surface area contributed by atoms with Gasteiger partial charge in [-0.1, -0.05) is 12.1 Å². The Bertz CT molecular complexity index is 769. The van der Waals surface area contributed by atoms with Crippen LogP contribution in [-0.4, -0.2) is 22.2 Å². The van der Waals surface area contributed by atoms with E-state index in [1.54, 1.807) is 6.07 Å². The zero-order valence-electron chi connectivity index (χ0n) is 11.3. The maximum Gasteiger partial charge on any atom is 0.362 e. The van der Waals surface area contributed by atoms with Gasteiger partial charge >= 0.3 is 11.1 Å². The molecule has 0 aliphatic carbocycles. The van der Waals surface area contributed by atoms with E-state index in [-0.39, 0.29) is 17.2 Å². The standard InChI is InChI=1S/C14H11ClF2N2O3/c1-22-11-6-8(3-5-10(11)20)2-4-9-7-12(14(15,16)17)19-13(21)18-9/h2-7,20H,1H3,(H,18,19,21). The molecular formula is C14H11ClF2N2O3. The molecule has 0 fully saturated rings. The summed E-state index contributed by atoms with van der Waals surface area (Å²) in [4.78, 5) is 16.7. The van der Waals surface area contributed by atoms with Gasteiger partial charge in [-0.15, -0.1) is 0 Å². The van der Waals surface area contributed by atoms with Gasteiger partial charge in [0.05, 0.1) is 12.8 Å². The zero-order chi connectivity index (χ0) is 16.3. The molecule has 0 amide bonds. The fourth-order valence-electron chi connectivity index (χ4n) is 1.69. The van der Waals surface area contributed by atoms with Crippen molar-refractivity contribution in [1.82, 2.24) is 9.97 Å². The van der Waals surface area contributed by atoms with Gasteiger partial charge in [-0.25, -0.2) is 4.79 Å². The van der Waals surface area contributed by atoms with E-state index in [4.69, 9.17) is 16.3 Å². The van der Waals surface area contributed by atoms with Crippen LogP contribution in [0.1, 0.15) is 17.0 Å². The average molecular weight is 329 g/mol. The number of nitrogens with one attached hydrogen (secondary N) is 1. The Morgan fingerprint density at radius 2 is 2.09 bits per heavy atom. The lowest BCUT2D eigenvalue weighted by Crippen LogP contribution is -2.18. The molecule has 0 unspecified atom stereocenters. The van der Waals surface area contributed by atoms with Gasteiger partial charge in [-0.3, -0.25) is 0 Å². The molecule has 2 N–H and O–H groups in total. The molecule has 0 aliphatic rings. The second-order valence-corrected chi connectivity index (χ2v) is 4.76. The molecule has 2 aromatic rings. The SMILES string of the molecule is COc1cc(C=Cc2cc(C(F)(F)Cl)[nH]c(=O)n2)ccc1O. The number of hydrogen-bond donors (Lipinski definition) is 2. The van der Waals surface area contributed by atoms with Crippen molar-refractivity contribution < 1.29 is 18.6 Å². The van der Waals surface area contributed by atoms with Crippen molar-refractivity contribution in [2.45, 2.75) is 5.38 Å². The van der Waals surface area contributed by atoms with E-state index < -0.39 is 16.8 Å². The number of alkyl halides is 3. The summed E-state index contributed by atoms with van der Waals surface area (Å²) in [5.74, 6) is 0.229. The highest BCUT2D eigenvalue weighted by Crippen LogP contribution is 2.30. The Morgan fingerprint density at radius 3 is 2.73 bits per heavy atom. The van der Waals surface area contributed by atoms with Crippen molar-refractivity contribution in [3.63, 3.8) is 0 Å². The van der Waals surface area contributed by atoms with Crippen LogP contribution in [0.25, 0.3) is 12.2 Å². The van der Waals surface area contributed by atoms with Gasteiger partial charge in [0.25, 0.3) is 0 Å². The summed E-state index contributed by atoms with van der Waals surface area (Å²) in [5.41, 5.74) is -1.03. The van der Waals surface area contributed by atoms with E-state index >= 15 is 0 Å². The Balaban J connectivity index is 2.34. The van der Waals surface area contributed by atoms with Crippen LogP contribution in [0.4, 0.5) is 8.78 Å². The summed E-state index contributed by atoms with van der Waals surface area (Å²) in [6.45, 7) is 0. The normalized spacial score (nSPS) is 11.8. The van der Waals surface area contributed by atoms with Crippen LogP contribution >= 0.6 is 11.6 Å². The minimum Gasteiger partial charge on any atom is -0.504 e. The number of methoxy groups -OCH3 is 1. The van der Waals surface area contributed by atoms with Crippen molar-refractivity contribution in [3.8, 4) is 11.5 Å². The average Bonchev–Trinajstić information content (AvgIpc) is 2.45. The van der Waals surface area contributed by atoms with E-state index in [0.717, 1.165) is 6.07 Å². The molecule has 0 radical (unpaired) electrons. The second kappa shape index (κ2) is 6.15. The maximum atomic E-state index is 13.0. The molecule has 0 saturated carbocycles. The van der Waals surface area contributed by atoms with Crippen LogP contribution in [0.3, 0.4) is 0 Å². The van der Waals surface area contributed by atoms with E-state index in [1.165, 1.54) is 31.4 Å². The number of nitrogens with zero attached hydrogens (tertiary/aromatic N) is 1.